The second kappa shape index (κ2) is 5.83. The fraction of sp³-hybridized carbons (Fsp3) is 0.562. The van der Waals surface area contributed by atoms with Crippen LogP contribution in [0.15, 0.2) is 24.3 Å². The molecular weight excluding hydrogens is 250 g/mol. The summed E-state index contributed by atoms with van der Waals surface area (Å²) in [7, 11) is 0. The molecule has 4 heteroatoms. The van der Waals surface area contributed by atoms with Gasteiger partial charge in [-0.3, -0.25) is 9.69 Å². The van der Waals surface area contributed by atoms with Crippen LogP contribution in [0.3, 0.4) is 0 Å². The number of nitrogens with one attached hydrogen (secondary N) is 1. The van der Waals surface area contributed by atoms with Crippen molar-refractivity contribution in [3.63, 3.8) is 0 Å². The smallest absolute Gasteiger partial charge is 0.219 e. The Bertz CT molecular complexity index is 488. The van der Waals surface area contributed by atoms with Crippen molar-refractivity contribution in [2.24, 2.45) is 0 Å². The van der Waals surface area contributed by atoms with Crippen molar-refractivity contribution in [3.8, 4) is 0 Å². The van der Waals surface area contributed by atoms with E-state index in [0.29, 0.717) is 6.04 Å². The van der Waals surface area contributed by atoms with E-state index in [-0.39, 0.29) is 5.91 Å². The van der Waals surface area contributed by atoms with Gasteiger partial charge in [0.1, 0.15) is 0 Å². The number of hydrogen-bond donors (Lipinski definition) is 1. The molecule has 3 rings (SSSR count). The number of benzene rings is 1. The highest BCUT2D eigenvalue weighted by atomic mass is 16.2. The third-order valence-corrected chi connectivity index (χ3v) is 4.49. The zero-order chi connectivity index (χ0) is 13.9. The molecule has 0 bridgehead atoms. The van der Waals surface area contributed by atoms with E-state index in [4.69, 9.17) is 0 Å². The minimum Gasteiger partial charge on any atom is -0.383 e. The lowest BCUT2D eigenvalue weighted by molar-refractivity contribution is -0.128. The van der Waals surface area contributed by atoms with Gasteiger partial charge in [0.15, 0.2) is 0 Å². The molecule has 20 heavy (non-hydrogen) atoms. The lowest BCUT2D eigenvalue weighted by Crippen LogP contribution is -2.45. The molecule has 2 aliphatic rings. The van der Waals surface area contributed by atoms with Gasteiger partial charge in [-0.05, 0) is 24.5 Å². The molecule has 0 aromatic heterocycles. The van der Waals surface area contributed by atoms with Crippen LogP contribution in [0.2, 0.25) is 0 Å². The molecule has 1 saturated heterocycles. The molecule has 108 valence electrons. The third kappa shape index (κ3) is 2.80. The van der Waals surface area contributed by atoms with Crippen LogP contribution < -0.4 is 5.32 Å². The highest BCUT2D eigenvalue weighted by Gasteiger charge is 2.26. The first kappa shape index (κ1) is 13.4. The Labute approximate surface area is 120 Å². The molecule has 2 heterocycles. The highest BCUT2D eigenvalue weighted by Crippen LogP contribution is 2.24. The van der Waals surface area contributed by atoms with Gasteiger partial charge in [0.05, 0.1) is 0 Å². The van der Waals surface area contributed by atoms with Crippen molar-refractivity contribution in [2.45, 2.75) is 25.8 Å². The summed E-state index contributed by atoms with van der Waals surface area (Å²) in [6.45, 7) is 6.55. The summed E-state index contributed by atoms with van der Waals surface area (Å²) >= 11 is 0. The van der Waals surface area contributed by atoms with Crippen LogP contribution in [0, 0.1) is 0 Å². The van der Waals surface area contributed by atoms with Crippen molar-refractivity contribution >= 4 is 11.6 Å². The number of anilines is 1. The molecule has 0 saturated carbocycles. The SMILES string of the molecule is CC(=O)N1CCCN(C2CNc3ccccc3C2)CC1. The van der Waals surface area contributed by atoms with Crippen LogP contribution >= 0.6 is 0 Å². The summed E-state index contributed by atoms with van der Waals surface area (Å²) in [4.78, 5) is 16.0. The number of fused-ring (bicyclic) bond motifs is 1. The summed E-state index contributed by atoms with van der Waals surface area (Å²) in [5.74, 6) is 0.207. The van der Waals surface area contributed by atoms with Crippen LogP contribution in [0.1, 0.15) is 18.9 Å². The average molecular weight is 273 g/mol. The molecule has 4 nitrogen and oxygen atoms in total. The number of nitrogens with zero attached hydrogens (tertiary/aromatic N) is 2. The van der Waals surface area contributed by atoms with E-state index in [0.717, 1.165) is 45.6 Å². The highest BCUT2D eigenvalue weighted by molar-refractivity contribution is 5.73. The Kier molecular flexibility index (Phi) is 3.92. The lowest BCUT2D eigenvalue weighted by Gasteiger charge is -2.35. The Morgan fingerprint density at radius 3 is 2.90 bits per heavy atom. The molecule has 0 aliphatic carbocycles. The van der Waals surface area contributed by atoms with E-state index in [1.807, 2.05) is 4.90 Å². The van der Waals surface area contributed by atoms with Crippen molar-refractivity contribution in [1.29, 1.82) is 0 Å². The summed E-state index contributed by atoms with van der Waals surface area (Å²) in [5, 5.41) is 3.54. The Morgan fingerprint density at radius 1 is 1.20 bits per heavy atom. The van der Waals surface area contributed by atoms with Gasteiger partial charge < -0.3 is 10.2 Å². The molecule has 0 radical (unpaired) electrons. The molecule has 0 spiro atoms. The predicted octanol–water partition coefficient (Wildman–Crippen LogP) is 1.58. The zero-order valence-electron chi connectivity index (χ0n) is 12.1. The number of hydrogen-bond acceptors (Lipinski definition) is 3. The number of carbonyl (C=O) groups excluding carboxylic acids is 1. The van der Waals surface area contributed by atoms with Gasteiger partial charge in [-0.15, -0.1) is 0 Å². The van der Waals surface area contributed by atoms with Crippen LogP contribution in [0.5, 0.6) is 0 Å². The van der Waals surface area contributed by atoms with E-state index >= 15 is 0 Å². The predicted molar refractivity (Wildman–Crippen MR) is 80.9 cm³/mol. The van der Waals surface area contributed by atoms with Gasteiger partial charge in [-0.2, -0.15) is 0 Å². The molecule has 2 aliphatic heterocycles. The lowest BCUT2D eigenvalue weighted by atomic mass is 9.98. The molecule has 1 aromatic carbocycles. The molecule has 1 amide bonds. The second-order valence-corrected chi connectivity index (χ2v) is 5.79. The first-order valence-corrected chi connectivity index (χ1v) is 7.55. The quantitative estimate of drug-likeness (QED) is 0.844. The second-order valence-electron chi connectivity index (χ2n) is 5.79. The number of carbonyl (C=O) groups is 1. The van der Waals surface area contributed by atoms with Crippen molar-refractivity contribution in [1.82, 2.24) is 9.80 Å². The van der Waals surface area contributed by atoms with Crippen molar-refractivity contribution in [2.75, 3.05) is 38.0 Å². The van der Waals surface area contributed by atoms with Crippen LogP contribution in [0.4, 0.5) is 5.69 Å². The van der Waals surface area contributed by atoms with E-state index < -0.39 is 0 Å². The van der Waals surface area contributed by atoms with Gasteiger partial charge >= 0.3 is 0 Å². The fourth-order valence-electron chi connectivity index (χ4n) is 3.30. The van der Waals surface area contributed by atoms with Gasteiger partial charge in [0.25, 0.3) is 0 Å². The maximum Gasteiger partial charge on any atom is 0.219 e. The van der Waals surface area contributed by atoms with Gasteiger partial charge in [-0.1, -0.05) is 18.2 Å². The maximum absolute atomic E-state index is 11.5. The maximum atomic E-state index is 11.5. The summed E-state index contributed by atoms with van der Waals surface area (Å²) in [6, 6.07) is 9.13. The largest absolute Gasteiger partial charge is 0.383 e. The standard InChI is InChI=1S/C16H23N3O/c1-13(20)18-7-4-8-19(10-9-18)15-11-14-5-2-3-6-16(14)17-12-15/h2-3,5-6,15,17H,4,7-12H2,1H3. The molecule has 1 unspecified atom stereocenters. The summed E-state index contributed by atoms with van der Waals surface area (Å²) < 4.78 is 0. The van der Waals surface area contributed by atoms with E-state index in [9.17, 15) is 4.79 Å². The molecule has 1 N–H and O–H groups in total. The first-order valence-electron chi connectivity index (χ1n) is 7.55. The summed E-state index contributed by atoms with van der Waals surface area (Å²) in [5.41, 5.74) is 2.69. The van der Waals surface area contributed by atoms with E-state index in [2.05, 4.69) is 34.5 Å². The summed E-state index contributed by atoms with van der Waals surface area (Å²) in [6.07, 6.45) is 2.20. The van der Waals surface area contributed by atoms with E-state index in [1.165, 1.54) is 11.3 Å². The normalized spacial score (nSPS) is 23.6. The number of amides is 1. The first-order chi connectivity index (χ1) is 9.74. The Balaban J connectivity index is 1.65. The Hall–Kier alpha value is -1.55. The van der Waals surface area contributed by atoms with Gasteiger partial charge in [0, 0.05) is 51.4 Å². The van der Waals surface area contributed by atoms with Crippen molar-refractivity contribution in [3.05, 3.63) is 29.8 Å². The minimum absolute atomic E-state index is 0.207. The zero-order valence-corrected chi connectivity index (χ0v) is 12.1. The van der Waals surface area contributed by atoms with Crippen molar-refractivity contribution < 1.29 is 4.79 Å². The topological polar surface area (TPSA) is 35.6 Å². The minimum atomic E-state index is 0.207. The Morgan fingerprint density at radius 2 is 2.05 bits per heavy atom. The fourth-order valence-corrected chi connectivity index (χ4v) is 3.30. The van der Waals surface area contributed by atoms with Crippen LogP contribution in [-0.2, 0) is 11.2 Å². The third-order valence-electron chi connectivity index (χ3n) is 4.49. The number of rotatable bonds is 1. The van der Waals surface area contributed by atoms with Crippen LogP contribution in [0.25, 0.3) is 0 Å². The molecular formula is C16H23N3O. The van der Waals surface area contributed by atoms with Gasteiger partial charge in [-0.25, -0.2) is 0 Å². The average Bonchev–Trinajstić information content (AvgIpc) is 2.73. The molecule has 1 aromatic rings. The van der Waals surface area contributed by atoms with E-state index in [1.54, 1.807) is 6.92 Å². The molecule has 1 fully saturated rings. The molecule has 1 atom stereocenters. The monoisotopic (exact) mass is 273 g/mol. The van der Waals surface area contributed by atoms with Gasteiger partial charge in [0.2, 0.25) is 5.91 Å². The van der Waals surface area contributed by atoms with Crippen LogP contribution in [-0.4, -0.2) is 54.5 Å². The number of para-hydroxylation sites is 1.